The van der Waals surface area contributed by atoms with Gasteiger partial charge >= 0.3 is 5.97 Å². The van der Waals surface area contributed by atoms with Crippen molar-refractivity contribution in [2.24, 2.45) is 0 Å². The van der Waals surface area contributed by atoms with Crippen LogP contribution in [0.5, 0.6) is 0 Å². The highest BCUT2D eigenvalue weighted by Crippen LogP contribution is 2.39. The van der Waals surface area contributed by atoms with E-state index < -0.39 is 17.2 Å². The van der Waals surface area contributed by atoms with Crippen molar-refractivity contribution in [2.45, 2.75) is 51.4 Å². The Kier molecular flexibility index (Phi) is 5.12. The third-order valence-electron chi connectivity index (χ3n) is 5.15. The summed E-state index contributed by atoms with van der Waals surface area (Å²) in [7, 11) is 0. The van der Waals surface area contributed by atoms with Crippen LogP contribution in [0.4, 0.5) is 0 Å². The van der Waals surface area contributed by atoms with Crippen LogP contribution in [0.15, 0.2) is 42.7 Å². The lowest BCUT2D eigenvalue weighted by molar-refractivity contribution is -0.181. The number of hydrogen-bond donors (Lipinski definition) is 2. The number of nitrogens with one attached hydrogen (secondary N) is 1. The number of rotatable bonds is 6. The first-order valence-corrected chi connectivity index (χ1v) is 9.06. The van der Waals surface area contributed by atoms with Crippen molar-refractivity contribution in [2.75, 3.05) is 6.54 Å². The number of benzene rings is 1. The summed E-state index contributed by atoms with van der Waals surface area (Å²) in [6.07, 6.45) is 4.79. The molecule has 2 N–H and O–H groups in total. The molecule has 0 amide bonds. The fraction of sp³-hybridized carbons (Fsp3) is 0.429. The molecule has 5 heteroatoms. The number of carbonyl (C=O) groups is 1. The second-order valence-electron chi connectivity index (χ2n) is 7.35. The van der Waals surface area contributed by atoms with Crippen LogP contribution in [-0.4, -0.2) is 28.2 Å². The first-order chi connectivity index (χ1) is 12.4. The fourth-order valence-electron chi connectivity index (χ4n) is 3.33. The van der Waals surface area contributed by atoms with Crippen molar-refractivity contribution < 1.29 is 14.6 Å². The van der Waals surface area contributed by atoms with Gasteiger partial charge in [0.25, 0.3) is 0 Å². The molecule has 0 aliphatic carbocycles. The van der Waals surface area contributed by atoms with E-state index in [1.807, 2.05) is 39.0 Å². The summed E-state index contributed by atoms with van der Waals surface area (Å²) in [4.78, 5) is 16.8. The Hall–Kier alpha value is -2.24. The van der Waals surface area contributed by atoms with E-state index in [2.05, 4.69) is 10.3 Å². The predicted molar refractivity (Wildman–Crippen MR) is 100.0 cm³/mol. The van der Waals surface area contributed by atoms with Crippen molar-refractivity contribution in [3.05, 3.63) is 65.0 Å². The zero-order valence-electron chi connectivity index (χ0n) is 15.6. The van der Waals surface area contributed by atoms with Gasteiger partial charge in [-0.1, -0.05) is 31.2 Å². The van der Waals surface area contributed by atoms with E-state index in [0.717, 1.165) is 19.5 Å². The van der Waals surface area contributed by atoms with Crippen molar-refractivity contribution >= 4 is 5.97 Å². The van der Waals surface area contributed by atoms with Gasteiger partial charge in [0.05, 0.1) is 5.60 Å². The molecule has 1 aliphatic heterocycles. The zero-order chi connectivity index (χ0) is 18.8. The van der Waals surface area contributed by atoms with E-state index in [1.165, 1.54) is 11.1 Å². The lowest BCUT2D eigenvalue weighted by atomic mass is 9.83. The number of carboxylic acid groups (broad SMARTS) is 1. The molecule has 26 heavy (non-hydrogen) atoms. The number of fused-ring (bicyclic) bond motifs is 1. The van der Waals surface area contributed by atoms with Gasteiger partial charge in [0.1, 0.15) is 0 Å². The van der Waals surface area contributed by atoms with E-state index >= 15 is 0 Å². The summed E-state index contributed by atoms with van der Waals surface area (Å²) in [5, 5.41) is 13.7. The first kappa shape index (κ1) is 18.5. The zero-order valence-corrected chi connectivity index (χ0v) is 15.6. The van der Waals surface area contributed by atoms with Crippen molar-refractivity contribution in [1.82, 2.24) is 10.3 Å². The maximum atomic E-state index is 12.6. The Bertz CT molecular complexity index is 789. The van der Waals surface area contributed by atoms with Crippen LogP contribution >= 0.6 is 0 Å². The molecular weight excluding hydrogens is 328 g/mol. The van der Waals surface area contributed by atoms with Crippen molar-refractivity contribution in [3.8, 4) is 0 Å². The van der Waals surface area contributed by atoms with Gasteiger partial charge in [0.2, 0.25) is 5.60 Å². The smallest absolute Gasteiger partial charge is 0.345 e. The van der Waals surface area contributed by atoms with Gasteiger partial charge < -0.3 is 15.2 Å². The molecule has 1 aliphatic rings. The lowest BCUT2D eigenvalue weighted by Gasteiger charge is -2.38. The standard InChI is InChI=1S/C21H26N2O3/c1-4-20(2,3)26-21(19(24)25,18-6-5-10-22-14-18)17-8-7-16-13-23-11-9-15(16)12-17/h5-8,10,12,14,23H,4,9,11,13H2,1-3H3,(H,24,25). The maximum absolute atomic E-state index is 12.6. The van der Waals surface area contributed by atoms with E-state index in [-0.39, 0.29) is 0 Å². The Balaban J connectivity index is 2.21. The minimum absolute atomic E-state index is 0.530. The predicted octanol–water partition coefficient (Wildman–Crippen LogP) is 3.26. The number of aromatic nitrogens is 1. The van der Waals surface area contributed by atoms with Gasteiger partial charge in [-0.3, -0.25) is 4.98 Å². The van der Waals surface area contributed by atoms with Gasteiger partial charge in [-0.2, -0.15) is 0 Å². The average molecular weight is 354 g/mol. The van der Waals surface area contributed by atoms with Gasteiger partial charge in [0, 0.05) is 24.5 Å². The van der Waals surface area contributed by atoms with E-state index in [4.69, 9.17) is 4.74 Å². The Morgan fingerprint density at radius 1 is 1.27 bits per heavy atom. The molecule has 0 saturated heterocycles. The molecule has 1 aromatic carbocycles. The number of ether oxygens (including phenoxy) is 1. The van der Waals surface area contributed by atoms with Crippen LogP contribution in [0.3, 0.4) is 0 Å². The lowest BCUT2D eigenvalue weighted by Crippen LogP contribution is -2.46. The van der Waals surface area contributed by atoms with Gasteiger partial charge in [0.15, 0.2) is 0 Å². The monoisotopic (exact) mass is 354 g/mol. The van der Waals surface area contributed by atoms with Gasteiger partial charge in [-0.25, -0.2) is 4.79 Å². The molecule has 0 spiro atoms. The van der Waals surface area contributed by atoms with E-state index in [1.54, 1.807) is 24.5 Å². The maximum Gasteiger partial charge on any atom is 0.345 e. The molecule has 5 nitrogen and oxygen atoms in total. The summed E-state index contributed by atoms with van der Waals surface area (Å²) in [6.45, 7) is 7.54. The molecule has 1 atom stereocenters. The number of nitrogens with zero attached hydrogens (tertiary/aromatic N) is 1. The molecule has 1 aromatic heterocycles. The second kappa shape index (κ2) is 7.17. The van der Waals surface area contributed by atoms with Crippen LogP contribution in [0.1, 0.15) is 49.4 Å². The average Bonchev–Trinajstić information content (AvgIpc) is 2.66. The topological polar surface area (TPSA) is 71.5 Å². The van der Waals surface area contributed by atoms with Crippen LogP contribution in [0.25, 0.3) is 0 Å². The Labute approximate surface area is 154 Å². The summed E-state index contributed by atoms with van der Waals surface area (Å²) in [5.41, 5.74) is 1.36. The van der Waals surface area contributed by atoms with Crippen LogP contribution in [0, 0.1) is 0 Å². The third-order valence-corrected chi connectivity index (χ3v) is 5.15. The molecule has 3 rings (SSSR count). The molecule has 2 heterocycles. The molecule has 0 bridgehead atoms. The van der Waals surface area contributed by atoms with E-state index in [0.29, 0.717) is 17.5 Å². The molecular formula is C21H26N2O3. The quantitative estimate of drug-likeness (QED) is 0.833. The number of hydrogen-bond acceptors (Lipinski definition) is 4. The fourth-order valence-corrected chi connectivity index (χ4v) is 3.33. The SMILES string of the molecule is CCC(C)(C)OC(C(=O)O)(c1cccnc1)c1ccc2c(c1)CCNC2. The summed E-state index contributed by atoms with van der Waals surface area (Å²) in [6, 6.07) is 9.39. The number of carboxylic acids is 1. The largest absolute Gasteiger partial charge is 0.479 e. The molecule has 138 valence electrons. The molecule has 0 saturated carbocycles. The second-order valence-corrected chi connectivity index (χ2v) is 7.35. The van der Waals surface area contributed by atoms with Crippen molar-refractivity contribution in [3.63, 3.8) is 0 Å². The Morgan fingerprint density at radius 2 is 2.08 bits per heavy atom. The van der Waals surface area contributed by atoms with Gasteiger partial charge in [-0.05, 0) is 56.0 Å². The number of aliphatic carboxylic acids is 1. The molecule has 1 unspecified atom stereocenters. The van der Waals surface area contributed by atoms with E-state index in [9.17, 15) is 9.90 Å². The third kappa shape index (κ3) is 3.37. The highest BCUT2D eigenvalue weighted by Gasteiger charge is 2.47. The highest BCUT2D eigenvalue weighted by molar-refractivity contribution is 5.84. The van der Waals surface area contributed by atoms with Crippen LogP contribution in [0.2, 0.25) is 0 Å². The first-order valence-electron chi connectivity index (χ1n) is 9.06. The normalized spacial score (nSPS) is 16.6. The van der Waals surface area contributed by atoms with Gasteiger partial charge in [-0.15, -0.1) is 0 Å². The molecule has 0 fully saturated rings. The highest BCUT2D eigenvalue weighted by atomic mass is 16.5. The van der Waals surface area contributed by atoms with Crippen molar-refractivity contribution in [1.29, 1.82) is 0 Å². The summed E-state index contributed by atoms with van der Waals surface area (Å²) in [5.74, 6) is -1.03. The Morgan fingerprint density at radius 3 is 2.73 bits per heavy atom. The summed E-state index contributed by atoms with van der Waals surface area (Å²) >= 11 is 0. The minimum Gasteiger partial charge on any atom is -0.479 e. The van der Waals surface area contributed by atoms with Crippen LogP contribution in [-0.2, 0) is 28.1 Å². The molecule has 2 aromatic rings. The number of pyridine rings is 1. The minimum atomic E-state index is -1.59. The summed E-state index contributed by atoms with van der Waals surface area (Å²) < 4.78 is 6.34. The molecule has 0 radical (unpaired) electrons. The van der Waals surface area contributed by atoms with Crippen LogP contribution < -0.4 is 5.32 Å².